The van der Waals surface area contributed by atoms with E-state index in [-0.39, 0.29) is 6.10 Å². The van der Waals surface area contributed by atoms with Crippen molar-refractivity contribution in [2.75, 3.05) is 0 Å². The molecule has 0 aliphatic rings. The van der Waals surface area contributed by atoms with E-state index in [1.54, 1.807) is 19.2 Å². The van der Waals surface area contributed by atoms with Crippen LogP contribution in [0.2, 0.25) is 0 Å². The second-order valence-electron chi connectivity index (χ2n) is 2.97. The SMILES string of the molecule is CC(O)C=CNCc1ccccc1. The summed E-state index contributed by atoms with van der Waals surface area (Å²) in [6.45, 7) is 2.52. The number of rotatable bonds is 4. The van der Waals surface area contributed by atoms with Gasteiger partial charge in [0, 0.05) is 6.54 Å². The third kappa shape index (κ3) is 4.33. The zero-order valence-corrected chi connectivity index (χ0v) is 7.77. The summed E-state index contributed by atoms with van der Waals surface area (Å²) < 4.78 is 0. The molecule has 0 aliphatic carbocycles. The maximum atomic E-state index is 8.92. The van der Waals surface area contributed by atoms with Gasteiger partial charge in [0.05, 0.1) is 6.10 Å². The fraction of sp³-hybridized carbons (Fsp3) is 0.273. The van der Waals surface area contributed by atoms with Crippen LogP contribution in [0.15, 0.2) is 42.6 Å². The van der Waals surface area contributed by atoms with E-state index in [4.69, 9.17) is 5.11 Å². The number of aliphatic hydroxyl groups is 1. The van der Waals surface area contributed by atoms with Crippen LogP contribution in [0.4, 0.5) is 0 Å². The number of benzene rings is 1. The molecule has 1 aromatic carbocycles. The van der Waals surface area contributed by atoms with Gasteiger partial charge >= 0.3 is 0 Å². The van der Waals surface area contributed by atoms with Crippen molar-refractivity contribution in [1.82, 2.24) is 5.32 Å². The summed E-state index contributed by atoms with van der Waals surface area (Å²) in [4.78, 5) is 0. The van der Waals surface area contributed by atoms with Gasteiger partial charge in [-0.2, -0.15) is 0 Å². The average molecular weight is 177 g/mol. The molecule has 0 spiro atoms. The Morgan fingerprint density at radius 2 is 2.08 bits per heavy atom. The molecule has 0 aromatic heterocycles. The van der Waals surface area contributed by atoms with Gasteiger partial charge in [0.15, 0.2) is 0 Å². The van der Waals surface area contributed by atoms with Gasteiger partial charge in [0.25, 0.3) is 0 Å². The Hall–Kier alpha value is -1.28. The Balaban J connectivity index is 2.28. The summed E-state index contributed by atoms with van der Waals surface area (Å²) in [7, 11) is 0. The Kier molecular flexibility index (Phi) is 4.06. The lowest BCUT2D eigenvalue weighted by Crippen LogP contribution is -2.05. The minimum Gasteiger partial charge on any atom is -0.389 e. The maximum Gasteiger partial charge on any atom is 0.0709 e. The molecular formula is C11H15NO. The first kappa shape index (κ1) is 9.81. The van der Waals surface area contributed by atoms with Crippen molar-refractivity contribution in [3.05, 3.63) is 48.2 Å². The lowest BCUT2D eigenvalue weighted by Gasteiger charge is -2.00. The molecule has 0 amide bonds. The lowest BCUT2D eigenvalue weighted by atomic mass is 10.2. The van der Waals surface area contributed by atoms with Crippen molar-refractivity contribution in [3.63, 3.8) is 0 Å². The van der Waals surface area contributed by atoms with Crippen LogP contribution in [0.1, 0.15) is 12.5 Å². The van der Waals surface area contributed by atoms with Gasteiger partial charge in [-0.15, -0.1) is 0 Å². The van der Waals surface area contributed by atoms with Gasteiger partial charge in [-0.3, -0.25) is 0 Å². The van der Waals surface area contributed by atoms with Crippen molar-refractivity contribution >= 4 is 0 Å². The highest BCUT2D eigenvalue weighted by atomic mass is 16.3. The zero-order valence-electron chi connectivity index (χ0n) is 7.77. The lowest BCUT2D eigenvalue weighted by molar-refractivity contribution is 0.243. The van der Waals surface area contributed by atoms with Crippen LogP contribution >= 0.6 is 0 Å². The second kappa shape index (κ2) is 5.38. The Labute approximate surface area is 78.9 Å². The van der Waals surface area contributed by atoms with Crippen LogP contribution in [-0.2, 0) is 6.54 Å². The molecule has 0 heterocycles. The molecule has 1 rings (SSSR count). The monoisotopic (exact) mass is 177 g/mol. The van der Waals surface area contributed by atoms with Gasteiger partial charge in [-0.25, -0.2) is 0 Å². The van der Waals surface area contributed by atoms with E-state index < -0.39 is 0 Å². The topological polar surface area (TPSA) is 32.3 Å². The standard InChI is InChI=1S/C11H15NO/c1-10(13)7-8-12-9-11-5-3-2-4-6-11/h2-8,10,12-13H,9H2,1H3. The van der Waals surface area contributed by atoms with Crippen molar-refractivity contribution < 1.29 is 5.11 Å². The van der Waals surface area contributed by atoms with Gasteiger partial charge in [-0.1, -0.05) is 30.3 Å². The van der Waals surface area contributed by atoms with Crippen LogP contribution < -0.4 is 5.32 Å². The van der Waals surface area contributed by atoms with Gasteiger partial charge < -0.3 is 10.4 Å². The van der Waals surface area contributed by atoms with E-state index in [1.807, 2.05) is 18.2 Å². The third-order valence-corrected chi connectivity index (χ3v) is 1.64. The summed E-state index contributed by atoms with van der Waals surface area (Å²) in [5.74, 6) is 0. The molecule has 0 aliphatic heterocycles. The van der Waals surface area contributed by atoms with Crippen LogP contribution in [0.25, 0.3) is 0 Å². The Morgan fingerprint density at radius 1 is 1.38 bits per heavy atom. The molecule has 1 atom stereocenters. The predicted octanol–water partition coefficient (Wildman–Crippen LogP) is 1.67. The molecule has 1 aromatic rings. The van der Waals surface area contributed by atoms with Crippen LogP contribution in [0, 0.1) is 0 Å². The molecule has 2 heteroatoms. The van der Waals surface area contributed by atoms with E-state index >= 15 is 0 Å². The number of hydrogen-bond acceptors (Lipinski definition) is 2. The minimum atomic E-state index is -0.386. The maximum absolute atomic E-state index is 8.92. The minimum absolute atomic E-state index is 0.386. The largest absolute Gasteiger partial charge is 0.389 e. The molecule has 0 saturated heterocycles. The normalized spacial score (nSPS) is 13.1. The Morgan fingerprint density at radius 3 is 2.69 bits per heavy atom. The summed E-state index contributed by atoms with van der Waals surface area (Å²) in [6.07, 6.45) is 3.10. The van der Waals surface area contributed by atoms with Gasteiger partial charge in [0.2, 0.25) is 0 Å². The summed E-state index contributed by atoms with van der Waals surface area (Å²) in [5.41, 5.74) is 1.23. The smallest absolute Gasteiger partial charge is 0.0709 e. The van der Waals surface area contributed by atoms with Crippen molar-refractivity contribution in [3.8, 4) is 0 Å². The van der Waals surface area contributed by atoms with Crippen LogP contribution in [-0.4, -0.2) is 11.2 Å². The first-order valence-corrected chi connectivity index (χ1v) is 4.41. The van der Waals surface area contributed by atoms with Crippen molar-refractivity contribution in [2.24, 2.45) is 0 Å². The molecule has 0 fully saturated rings. The summed E-state index contributed by atoms with van der Waals surface area (Å²) in [5, 5.41) is 12.0. The molecule has 13 heavy (non-hydrogen) atoms. The quantitative estimate of drug-likeness (QED) is 0.733. The fourth-order valence-electron chi connectivity index (χ4n) is 0.980. The summed E-state index contributed by atoms with van der Waals surface area (Å²) >= 11 is 0. The highest BCUT2D eigenvalue weighted by Gasteiger charge is 1.87. The molecule has 70 valence electrons. The average Bonchev–Trinajstić information content (AvgIpc) is 2.14. The molecule has 2 N–H and O–H groups in total. The predicted molar refractivity (Wildman–Crippen MR) is 54.1 cm³/mol. The second-order valence-corrected chi connectivity index (χ2v) is 2.97. The third-order valence-electron chi connectivity index (χ3n) is 1.64. The van der Waals surface area contributed by atoms with Crippen LogP contribution in [0.5, 0.6) is 0 Å². The van der Waals surface area contributed by atoms with Crippen LogP contribution in [0.3, 0.4) is 0 Å². The zero-order chi connectivity index (χ0) is 9.52. The van der Waals surface area contributed by atoms with E-state index in [0.717, 1.165) is 6.54 Å². The molecular weight excluding hydrogens is 162 g/mol. The fourth-order valence-corrected chi connectivity index (χ4v) is 0.980. The molecule has 0 bridgehead atoms. The highest BCUT2D eigenvalue weighted by Crippen LogP contribution is 1.96. The van der Waals surface area contributed by atoms with Crippen molar-refractivity contribution in [1.29, 1.82) is 0 Å². The molecule has 2 nitrogen and oxygen atoms in total. The number of aliphatic hydroxyl groups excluding tert-OH is 1. The first-order valence-electron chi connectivity index (χ1n) is 4.41. The first-order chi connectivity index (χ1) is 6.29. The van der Waals surface area contributed by atoms with E-state index in [2.05, 4.69) is 17.4 Å². The summed E-state index contributed by atoms with van der Waals surface area (Å²) in [6, 6.07) is 10.1. The van der Waals surface area contributed by atoms with Crippen molar-refractivity contribution in [2.45, 2.75) is 19.6 Å². The molecule has 0 saturated carbocycles. The van der Waals surface area contributed by atoms with E-state index in [0.29, 0.717) is 0 Å². The van der Waals surface area contributed by atoms with Gasteiger partial charge in [0.1, 0.15) is 0 Å². The van der Waals surface area contributed by atoms with E-state index in [1.165, 1.54) is 5.56 Å². The van der Waals surface area contributed by atoms with E-state index in [9.17, 15) is 0 Å². The highest BCUT2D eigenvalue weighted by molar-refractivity contribution is 5.14. The number of hydrogen-bond donors (Lipinski definition) is 2. The molecule has 0 radical (unpaired) electrons. The van der Waals surface area contributed by atoms with Gasteiger partial charge in [-0.05, 0) is 24.8 Å². The Bertz CT molecular complexity index is 254. The molecule has 1 unspecified atom stereocenters. The number of nitrogens with one attached hydrogen (secondary N) is 1.